The number of rotatable bonds is 7. The van der Waals surface area contributed by atoms with Crippen LogP contribution in [0.4, 0.5) is 0 Å². The first-order valence-electron chi connectivity index (χ1n) is 6.79. The van der Waals surface area contributed by atoms with E-state index in [0.29, 0.717) is 0 Å². The van der Waals surface area contributed by atoms with Crippen molar-refractivity contribution in [1.82, 2.24) is 0 Å². The first kappa shape index (κ1) is 19.8. The average molecular weight is 357 g/mol. The monoisotopic (exact) mass is 357 g/mol. The van der Waals surface area contributed by atoms with Gasteiger partial charge in [-0.3, -0.25) is 14.4 Å². The molecule has 1 rings (SSSR count). The number of esters is 2. The van der Waals surface area contributed by atoms with Gasteiger partial charge in [0.15, 0.2) is 11.5 Å². The second-order valence-electron chi connectivity index (χ2n) is 4.53. The van der Waals surface area contributed by atoms with E-state index in [1.54, 1.807) is 0 Å². The normalized spacial score (nSPS) is 11.4. The molecule has 0 aliphatic rings. The number of carbonyl (C=O) groups is 3. The number of nitrogens with two attached hydrogens (primary N) is 1. The van der Waals surface area contributed by atoms with Crippen LogP contribution in [0, 0.1) is 0 Å². The predicted molar refractivity (Wildman–Crippen MR) is 87.6 cm³/mol. The van der Waals surface area contributed by atoms with E-state index in [-0.39, 0.29) is 33.7 Å². The Kier molecular flexibility index (Phi) is 7.53. The molecule has 1 unspecified atom stereocenters. The van der Waals surface area contributed by atoms with E-state index in [9.17, 15) is 14.4 Å². The molecule has 0 amide bonds. The molecule has 24 heavy (non-hydrogen) atoms. The van der Waals surface area contributed by atoms with E-state index < -0.39 is 18.0 Å². The molecule has 1 atom stereocenters. The van der Waals surface area contributed by atoms with Crippen LogP contribution in [0.15, 0.2) is 12.1 Å². The minimum atomic E-state index is -0.909. The fourth-order valence-electron chi connectivity index (χ4n) is 1.71. The Hall–Kier alpha value is -2.26. The minimum Gasteiger partial charge on any atom is -0.493 e. The molecule has 0 radical (unpaired) electrons. The number of benzene rings is 1. The highest BCUT2D eigenvalue weighted by molar-refractivity contribution is 8.14. The molecule has 8 nitrogen and oxygen atoms in total. The summed E-state index contributed by atoms with van der Waals surface area (Å²) >= 11 is 0.856. The van der Waals surface area contributed by atoms with Gasteiger partial charge in [0.05, 0.1) is 21.3 Å². The zero-order valence-corrected chi connectivity index (χ0v) is 14.6. The van der Waals surface area contributed by atoms with Gasteiger partial charge in [0.2, 0.25) is 10.9 Å². The molecule has 0 spiro atoms. The van der Waals surface area contributed by atoms with Crippen LogP contribution in [-0.2, 0) is 14.3 Å². The highest BCUT2D eigenvalue weighted by Gasteiger charge is 2.21. The summed E-state index contributed by atoms with van der Waals surface area (Å²) < 4.78 is 19.8. The first-order chi connectivity index (χ1) is 11.3. The van der Waals surface area contributed by atoms with Gasteiger partial charge in [0.1, 0.15) is 6.04 Å². The van der Waals surface area contributed by atoms with Crippen molar-refractivity contribution in [2.75, 3.05) is 27.1 Å². The summed E-state index contributed by atoms with van der Waals surface area (Å²) in [6, 6.07) is 1.92. The Morgan fingerprint density at radius 3 is 2.08 bits per heavy atom. The van der Waals surface area contributed by atoms with Crippen molar-refractivity contribution in [3.63, 3.8) is 0 Å². The lowest BCUT2D eigenvalue weighted by Gasteiger charge is -2.14. The second-order valence-corrected chi connectivity index (χ2v) is 5.52. The van der Waals surface area contributed by atoms with Gasteiger partial charge in [-0.15, -0.1) is 0 Å². The van der Waals surface area contributed by atoms with Gasteiger partial charge in [-0.25, -0.2) is 0 Å². The number of hydrogen-bond acceptors (Lipinski definition) is 9. The third kappa shape index (κ3) is 5.14. The number of hydrogen-bond donors (Lipinski definition) is 1. The molecule has 0 fully saturated rings. The van der Waals surface area contributed by atoms with Crippen molar-refractivity contribution in [3.8, 4) is 17.2 Å². The summed E-state index contributed by atoms with van der Waals surface area (Å²) in [6.07, 6.45) is 0. The van der Waals surface area contributed by atoms with Crippen molar-refractivity contribution in [3.05, 3.63) is 17.7 Å². The molecular formula is C15H19NO7S. The highest BCUT2D eigenvalue weighted by Crippen LogP contribution is 2.39. The zero-order valence-electron chi connectivity index (χ0n) is 13.8. The maximum Gasteiger partial charge on any atom is 0.323 e. The van der Waals surface area contributed by atoms with E-state index in [1.165, 1.54) is 40.4 Å². The maximum atomic E-state index is 12.3. The fraction of sp³-hybridized carbons (Fsp3) is 0.400. The topological polar surface area (TPSA) is 114 Å². The van der Waals surface area contributed by atoms with Crippen LogP contribution in [0.3, 0.4) is 0 Å². The number of carbonyl (C=O) groups excluding carboxylic acids is 3. The van der Waals surface area contributed by atoms with Gasteiger partial charge in [-0.1, -0.05) is 11.8 Å². The Labute approximate surface area is 143 Å². The molecule has 2 N–H and O–H groups in total. The third-order valence-electron chi connectivity index (χ3n) is 2.84. The average Bonchev–Trinajstić information content (AvgIpc) is 2.57. The Bertz CT molecular complexity index is 607. The molecule has 1 aromatic carbocycles. The first-order valence-corrected chi connectivity index (χ1v) is 7.77. The van der Waals surface area contributed by atoms with Crippen molar-refractivity contribution in [2.45, 2.75) is 13.0 Å². The summed E-state index contributed by atoms with van der Waals surface area (Å²) in [5.41, 5.74) is 5.84. The van der Waals surface area contributed by atoms with Crippen LogP contribution in [0.2, 0.25) is 0 Å². The van der Waals surface area contributed by atoms with Crippen LogP contribution in [0.5, 0.6) is 17.2 Å². The molecule has 9 heteroatoms. The van der Waals surface area contributed by atoms with Gasteiger partial charge in [0.25, 0.3) is 0 Å². The maximum absolute atomic E-state index is 12.3. The van der Waals surface area contributed by atoms with Crippen molar-refractivity contribution in [1.29, 1.82) is 0 Å². The molecule has 132 valence electrons. The summed E-state index contributed by atoms with van der Waals surface area (Å²) in [7, 11) is 3.96. The lowest BCUT2D eigenvalue weighted by Crippen LogP contribution is -2.34. The minimum absolute atomic E-state index is 0.0574. The molecule has 0 aliphatic carbocycles. The van der Waals surface area contributed by atoms with E-state index in [0.717, 1.165) is 11.8 Å². The van der Waals surface area contributed by atoms with Crippen molar-refractivity contribution < 1.29 is 33.3 Å². The molecule has 1 aromatic rings. The van der Waals surface area contributed by atoms with Crippen molar-refractivity contribution in [2.24, 2.45) is 5.73 Å². The largest absolute Gasteiger partial charge is 0.493 e. The zero-order chi connectivity index (χ0) is 18.3. The van der Waals surface area contributed by atoms with Gasteiger partial charge in [-0.05, 0) is 12.1 Å². The lowest BCUT2D eigenvalue weighted by molar-refractivity contribution is -0.141. The summed E-state index contributed by atoms with van der Waals surface area (Å²) in [5, 5.41) is -0.347. The summed E-state index contributed by atoms with van der Waals surface area (Å²) in [4.78, 5) is 34.7. The van der Waals surface area contributed by atoms with E-state index in [1.807, 2.05) is 0 Å². The Balaban J connectivity index is 3.01. The molecule has 0 saturated heterocycles. The van der Waals surface area contributed by atoms with Gasteiger partial charge >= 0.3 is 11.9 Å². The Morgan fingerprint density at radius 2 is 1.67 bits per heavy atom. The third-order valence-corrected chi connectivity index (χ3v) is 3.86. The van der Waals surface area contributed by atoms with Crippen LogP contribution in [0.25, 0.3) is 0 Å². The molecule has 0 aliphatic heterocycles. The van der Waals surface area contributed by atoms with E-state index in [2.05, 4.69) is 4.74 Å². The summed E-state index contributed by atoms with van der Waals surface area (Å²) in [5.74, 6) is -0.668. The van der Waals surface area contributed by atoms with Gasteiger partial charge in [-0.2, -0.15) is 0 Å². The molecule has 0 bridgehead atoms. The lowest BCUT2D eigenvalue weighted by atomic mass is 10.2. The van der Waals surface area contributed by atoms with Crippen LogP contribution in [0.1, 0.15) is 17.3 Å². The van der Waals surface area contributed by atoms with E-state index >= 15 is 0 Å². The highest BCUT2D eigenvalue weighted by atomic mass is 32.2. The number of ether oxygens (including phenoxy) is 4. The van der Waals surface area contributed by atoms with Crippen LogP contribution >= 0.6 is 11.8 Å². The van der Waals surface area contributed by atoms with Crippen LogP contribution < -0.4 is 19.9 Å². The molecular weight excluding hydrogens is 338 g/mol. The predicted octanol–water partition coefficient (Wildman–Crippen LogP) is 1.00. The number of methoxy groups -OCH3 is 3. The number of thioether (sulfide) groups is 1. The SMILES string of the molecule is COC(=O)C(N)CSC(=O)c1cc(OC)c(OC(C)=O)c(OC)c1. The smallest absolute Gasteiger partial charge is 0.323 e. The molecule has 0 aromatic heterocycles. The van der Waals surface area contributed by atoms with Gasteiger partial charge in [0, 0.05) is 18.2 Å². The fourth-order valence-corrected chi connectivity index (χ4v) is 2.46. The standard InChI is InChI=1S/C15H19NO7S/c1-8(17)23-13-11(20-2)5-9(6-12(13)21-3)15(19)24-7-10(16)14(18)22-4/h5-6,10H,7,16H2,1-4H3. The van der Waals surface area contributed by atoms with Gasteiger partial charge < -0.3 is 24.7 Å². The van der Waals surface area contributed by atoms with Crippen molar-refractivity contribution >= 4 is 28.8 Å². The van der Waals surface area contributed by atoms with E-state index in [4.69, 9.17) is 19.9 Å². The molecule has 0 saturated carbocycles. The van der Waals surface area contributed by atoms with Crippen LogP contribution in [-0.4, -0.2) is 50.2 Å². The summed E-state index contributed by atoms with van der Waals surface area (Å²) in [6.45, 7) is 1.24. The quantitative estimate of drug-likeness (QED) is 0.564. The Morgan fingerprint density at radius 1 is 1.12 bits per heavy atom. The second kappa shape index (κ2) is 9.14. The molecule has 0 heterocycles.